The van der Waals surface area contributed by atoms with Gasteiger partial charge in [0.15, 0.2) is 5.16 Å². The molecule has 1 aliphatic heterocycles. The molecule has 2 heterocycles. The van der Waals surface area contributed by atoms with E-state index < -0.39 is 11.6 Å². The Bertz CT molecular complexity index is 837. The number of halogens is 2. The molecule has 1 saturated heterocycles. The molecular formula is C17H19F2N5O2S. The number of nitrogens with one attached hydrogen (secondary N) is 1. The number of carbonyl (C=O) groups is 1. The fraction of sp³-hybridized carbons (Fsp3) is 0.471. The van der Waals surface area contributed by atoms with Crippen LogP contribution in [0.15, 0.2) is 23.4 Å². The van der Waals surface area contributed by atoms with Crippen molar-refractivity contribution in [3.8, 4) is 0 Å². The molecule has 1 aromatic heterocycles. The average molecular weight is 395 g/mol. The summed E-state index contributed by atoms with van der Waals surface area (Å²) in [5, 5.41) is 11.7. The Balaban J connectivity index is 1.42. The van der Waals surface area contributed by atoms with Gasteiger partial charge in [0.1, 0.15) is 11.6 Å². The maximum Gasteiger partial charge on any atom is 0.234 e. The lowest BCUT2D eigenvalue weighted by molar-refractivity contribution is -0.113. The lowest BCUT2D eigenvalue weighted by Crippen LogP contribution is -2.38. The second-order valence-corrected chi connectivity index (χ2v) is 7.39. The first-order chi connectivity index (χ1) is 13.1. The fourth-order valence-corrected chi connectivity index (χ4v) is 3.71. The molecule has 4 rings (SSSR count). The highest BCUT2D eigenvalue weighted by molar-refractivity contribution is 7.99. The van der Waals surface area contributed by atoms with Gasteiger partial charge in [0, 0.05) is 25.2 Å². The predicted octanol–water partition coefficient (Wildman–Crippen LogP) is 2.46. The van der Waals surface area contributed by atoms with Crippen LogP contribution in [0.3, 0.4) is 0 Å². The van der Waals surface area contributed by atoms with E-state index >= 15 is 0 Å². The molecule has 0 radical (unpaired) electrons. The molecule has 1 aromatic carbocycles. The number of nitrogens with zero attached hydrogens (tertiary/aromatic N) is 4. The minimum atomic E-state index is -0.802. The summed E-state index contributed by atoms with van der Waals surface area (Å²) >= 11 is 1.26. The summed E-state index contributed by atoms with van der Waals surface area (Å²) < 4.78 is 34.1. The Morgan fingerprint density at radius 2 is 2.04 bits per heavy atom. The second kappa shape index (κ2) is 7.81. The molecule has 1 N–H and O–H groups in total. The number of benzene rings is 1. The van der Waals surface area contributed by atoms with Crippen molar-refractivity contribution < 1.29 is 18.3 Å². The SMILES string of the molecule is O=C(CSc1nnc(N2CCOCC2)n1C1CC1)Nc1ccc(F)cc1F. The first-order valence-electron chi connectivity index (χ1n) is 8.77. The lowest BCUT2D eigenvalue weighted by Gasteiger charge is -2.27. The van der Waals surface area contributed by atoms with Crippen LogP contribution in [0.2, 0.25) is 0 Å². The number of aromatic nitrogens is 3. The summed E-state index contributed by atoms with van der Waals surface area (Å²) in [6.07, 6.45) is 2.13. The molecule has 0 bridgehead atoms. The van der Waals surface area contributed by atoms with Gasteiger partial charge < -0.3 is 15.0 Å². The van der Waals surface area contributed by atoms with Gasteiger partial charge in [-0.25, -0.2) is 8.78 Å². The van der Waals surface area contributed by atoms with Crippen molar-refractivity contribution in [2.45, 2.75) is 24.0 Å². The molecule has 1 amide bonds. The van der Waals surface area contributed by atoms with E-state index in [1.807, 2.05) is 0 Å². The van der Waals surface area contributed by atoms with Crippen molar-refractivity contribution in [2.24, 2.45) is 0 Å². The largest absolute Gasteiger partial charge is 0.378 e. The number of carbonyl (C=O) groups excluding carboxylic acids is 1. The molecule has 7 nitrogen and oxygen atoms in total. The summed E-state index contributed by atoms with van der Waals surface area (Å²) in [5.74, 6) is -1.00. The van der Waals surface area contributed by atoms with E-state index in [4.69, 9.17) is 4.74 Å². The van der Waals surface area contributed by atoms with Gasteiger partial charge in [0.05, 0.1) is 24.7 Å². The molecule has 0 unspecified atom stereocenters. The van der Waals surface area contributed by atoms with Gasteiger partial charge in [-0.15, -0.1) is 10.2 Å². The molecule has 1 aliphatic carbocycles. The Kier molecular flexibility index (Phi) is 5.26. The van der Waals surface area contributed by atoms with Crippen LogP contribution in [-0.2, 0) is 9.53 Å². The van der Waals surface area contributed by atoms with E-state index in [1.54, 1.807) is 0 Å². The normalized spacial score (nSPS) is 17.2. The zero-order valence-electron chi connectivity index (χ0n) is 14.5. The number of thioether (sulfide) groups is 1. The van der Waals surface area contributed by atoms with Crippen LogP contribution >= 0.6 is 11.8 Å². The van der Waals surface area contributed by atoms with Gasteiger partial charge >= 0.3 is 0 Å². The van der Waals surface area contributed by atoms with Gasteiger partial charge in [-0.1, -0.05) is 11.8 Å². The summed E-state index contributed by atoms with van der Waals surface area (Å²) in [6.45, 7) is 2.84. The third-order valence-corrected chi connectivity index (χ3v) is 5.33. The Morgan fingerprint density at radius 1 is 1.26 bits per heavy atom. The molecule has 2 fully saturated rings. The summed E-state index contributed by atoms with van der Waals surface area (Å²) in [5.41, 5.74) is -0.0420. The third kappa shape index (κ3) is 4.22. The van der Waals surface area contributed by atoms with Crippen LogP contribution in [0.4, 0.5) is 20.4 Å². The third-order valence-electron chi connectivity index (χ3n) is 4.39. The number of morpholine rings is 1. The second-order valence-electron chi connectivity index (χ2n) is 6.44. The topological polar surface area (TPSA) is 72.3 Å². The highest BCUT2D eigenvalue weighted by atomic mass is 32.2. The van der Waals surface area contributed by atoms with E-state index in [9.17, 15) is 13.6 Å². The van der Waals surface area contributed by atoms with Crippen LogP contribution in [-0.4, -0.2) is 52.7 Å². The van der Waals surface area contributed by atoms with Crippen LogP contribution in [0, 0.1) is 11.6 Å². The Labute approximate surface area is 159 Å². The molecule has 10 heteroatoms. The van der Waals surface area contributed by atoms with Crippen LogP contribution in [0.1, 0.15) is 18.9 Å². The number of amides is 1. The quantitative estimate of drug-likeness (QED) is 0.758. The fourth-order valence-electron chi connectivity index (χ4n) is 2.91. The molecule has 2 aliphatic rings. The molecule has 0 atom stereocenters. The van der Waals surface area contributed by atoms with Crippen molar-refractivity contribution in [1.82, 2.24) is 14.8 Å². The maximum absolute atomic E-state index is 13.7. The van der Waals surface area contributed by atoms with E-state index in [-0.39, 0.29) is 17.3 Å². The number of ether oxygens (including phenoxy) is 1. The molecule has 144 valence electrons. The molecule has 1 saturated carbocycles. The molecule has 2 aromatic rings. The summed E-state index contributed by atoms with van der Waals surface area (Å²) in [6, 6.07) is 3.40. The minimum absolute atomic E-state index is 0.0420. The maximum atomic E-state index is 13.7. The van der Waals surface area contributed by atoms with Crippen molar-refractivity contribution in [3.05, 3.63) is 29.8 Å². The van der Waals surface area contributed by atoms with E-state index in [1.165, 1.54) is 17.8 Å². The standard InChI is InChI=1S/C17H19F2N5O2S/c18-11-1-4-14(13(19)9-11)20-15(25)10-27-17-22-21-16(24(17)12-2-3-12)23-5-7-26-8-6-23/h1,4,9,12H,2-3,5-8,10H2,(H,20,25). The van der Waals surface area contributed by atoms with Crippen molar-refractivity contribution >= 4 is 29.3 Å². The monoisotopic (exact) mass is 395 g/mol. The number of anilines is 2. The predicted molar refractivity (Wildman–Crippen MR) is 97.0 cm³/mol. The van der Waals surface area contributed by atoms with Gasteiger partial charge in [0.2, 0.25) is 11.9 Å². The Morgan fingerprint density at radius 3 is 2.74 bits per heavy atom. The van der Waals surface area contributed by atoms with E-state index in [2.05, 4.69) is 25.0 Å². The minimum Gasteiger partial charge on any atom is -0.378 e. The van der Waals surface area contributed by atoms with Gasteiger partial charge in [0.25, 0.3) is 0 Å². The first-order valence-corrected chi connectivity index (χ1v) is 9.75. The van der Waals surface area contributed by atoms with Crippen LogP contribution in [0.5, 0.6) is 0 Å². The number of rotatable bonds is 6. The number of hydrogen-bond acceptors (Lipinski definition) is 6. The highest BCUT2D eigenvalue weighted by Crippen LogP contribution is 2.41. The summed E-state index contributed by atoms with van der Waals surface area (Å²) in [7, 11) is 0. The molecule has 27 heavy (non-hydrogen) atoms. The van der Waals surface area contributed by atoms with Gasteiger partial charge in [-0.05, 0) is 25.0 Å². The van der Waals surface area contributed by atoms with Crippen molar-refractivity contribution in [1.29, 1.82) is 0 Å². The van der Waals surface area contributed by atoms with Gasteiger partial charge in [-0.3, -0.25) is 9.36 Å². The number of hydrogen-bond donors (Lipinski definition) is 1. The average Bonchev–Trinajstić information content (AvgIpc) is 3.42. The van der Waals surface area contributed by atoms with Crippen LogP contribution in [0.25, 0.3) is 0 Å². The van der Waals surface area contributed by atoms with Gasteiger partial charge in [-0.2, -0.15) is 0 Å². The zero-order chi connectivity index (χ0) is 18.8. The molecular weight excluding hydrogens is 376 g/mol. The zero-order valence-corrected chi connectivity index (χ0v) is 15.3. The van der Waals surface area contributed by atoms with Crippen molar-refractivity contribution in [3.63, 3.8) is 0 Å². The Hall–Kier alpha value is -2.20. The van der Waals surface area contributed by atoms with E-state index in [0.717, 1.165) is 44.0 Å². The summed E-state index contributed by atoms with van der Waals surface area (Å²) in [4.78, 5) is 14.3. The lowest BCUT2D eigenvalue weighted by atomic mass is 10.3. The van der Waals surface area contributed by atoms with Crippen molar-refractivity contribution in [2.75, 3.05) is 42.3 Å². The first kappa shape index (κ1) is 18.2. The van der Waals surface area contributed by atoms with Crippen LogP contribution < -0.4 is 10.2 Å². The molecule has 0 spiro atoms. The van der Waals surface area contributed by atoms with E-state index in [0.29, 0.717) is 24.4 Å². The highest BCUT2D eigenvalue weighted by Gasteiger charge is 2.32. The smallest absolute Gasteiger partial charge is 0.234 e.